The van der Waals surface area contributed by atoms with Gasteiger partial charge in [0.2, 0.25) is 10.0 Å². The molecule has 0 amide bonds. The zero-order valence-electron chi connectivity index (χ0n) is 12.2. The van der Waals surface area contributed by atoms with Crippen LogP contribution in [-0.2, 0) is 26.5 Å². The average Bonchev–Trinajstić information content (AvgIpc) is 2.95. The minimum absolute atomic E-state index is 0.0516. The smallest absolute Gasteiger partial charge is 0.263 e. The molecule has 2 aromatic rings. The molecule has 1 aliphatic heterocycles. The lowest BCUT2D eigenvalue weighted by Gasteiger charge is -2.24. The van der Waals surface area contributed by atoms with Gasteiger partial charge >= 0.3 is 0 Å². The molecule has 0 spiro atoms. The molecule has 0 unspecified atom stereocenters. The summed E-state index contributed by atoms with van der Waals surface area (Å²) in [4.78, 5) is -0.112. The van der Waals surface area contributed by atoms with Gasteiger partial charge in [-0.1, -0.05) is 23.2 Å². The summed E-state index contributed by atoms with van der Waals surface area (Å²) in [5.41, 5.74) is 1.00. The second kappa shape index (κ2) is 5.86. The van der Waals surface area contributed by atoms with Gasteiger partial charge in [-0.2, -0.15) is 0 Å². The van der Waals surface area contributed by atoms with Crippen molar-refractivity contribution in [1.29, 1.82) is 0 Å². The van der Waals surface area contributed by atoms with Gasteiger partial charge < -0.3 is 0 Å². The standard InChI is InChI=1S/C13H12Cl2N2O4S3/c1-7-4-8-5-9(23(16,18)19)2-3-10(8)17(7)24(20,21)11-6-12(14)22-13(11)15/h2-3,5-7H,4H2,1H3,(H2,16,18,19)/t7-/m1/s1. The van der Waals surface area contributed by atoms with E-state index in [2.05, 4.69) is 0 Å². The van der Waals surface area contributed by atoms with Gasteiger partial charge in [0.05, 0.1) is 14.9 Å². The van der Waals surface area contributed by atoms with Crippen molar-refractivity contribution >= 4 is 60.3 Å². The van der Waals surface area contributed by atoms with Gasteiger partial charge in [-0.25, -0.2) is 22.0 Å². The maximum absolute atomic E-state index is 13.0. The third-order valence-corrected chi connectivity index (χ3v) is 8.29. The van der Waals surface area contributed by atoms with Crippen molar-refractivity contribution in [1.82, 2.24) is 0 Å². The first-order valence-corrected chi connectivity index (χ1v) is 11.2. The van der Waals surface area contributed by atoms with E-state index in [-0.39, 0.29) is 18.5 Å². The highest BCUT2D eigenvalue weighted by atomic mass is 35.5. The molecule has 0 bridgehead atoms. The number of hydrogen-bond donors (Lipinski definition) is 1. The Morgan fingerprint density at radius 1 is 1.21 bits per heavy atom. The van der Waals surface area contributed by atoms with Crippen LogP contribution in [-0.4, -0.2) is 22.9 Å². The average molecular weight is 427 g/mol. The van der Waals surface area contributed by atoms with Gasteiger partial charge in [0, 0.05) is 6.04 Å². The molecular formula is C13H12Cl2N2O4S3. The fourth-order valence-corrected chi connectivity index (χ4v) is 7.10. The summed E-state index contributed by atoms with van der Waals surface area (Å²) in [5.74, 6) is 0. The van der Waals surface area contributed by atoms with E-state index in [0.717, 1.165) is 11.3 Å². The van der Waals surface area contributed by atoms with E-state index >= 15 is 0 Å². The highest BCUT2D eigenvalue weighted by Crippen LogP contribution is 2.42. The minimum Gasteiger partial charge on any atom is -0.263 e. The van der Waals surface area contributed by atoms with Crippen molar-refractivity contribution in [2.75, 3.05) is 4.31 Å². The fourth-order valence-electron chi connectivity index (χ4n) is 2.73. The summed E-state index contributed by atoms with van der Waals surface area (Å²) in [5, 5.41) is 5.13. The highest BCUT2D eigenvalue weighted by molar-refractivity contribution is 7.93. The lowest BCUT2D eigenvalue weighted by molar-refractivity contribution is 0.584. The number of benzene rings is 1. The second-order valence-corrected chi connectivity index (χ2v) is 11.0. The van der Waals surface area contributed by atoms with Crippen LogP contribution in [0.5, 0.6) is 0 Å². The number of fused-ring (bicyclic) bond motifs is 1. The third-order valence-electron chi connectivity index (χ3n) is 3.69. The first kappa shape index (κ1) is 18.0. The fraction of sp³-hybridized carbons (Fsp3) is 0.231. The van der Waals surface area contributed by atoms with E-state index in [9.17, 15) is 16.8 Å². The number of anilines is 1. The van der Waals surface area contributed by atoms with Gasteiger partial charge in [0.1, 0.15) is 9.23 Å². The number of sulfonamides is 2. The molecule has 0 radical (unpaired) electrons. The van der Waals surface area contributed by atoms with Crippen LogP contribution in [0.15, 0.2) is 34.1 Å². The van der Waals surface area contributed by atoms with Crippen LogP contribution in [0.25, 0.3) is 0 Å². The first-order valence-electron chi connectivity index (χ1n) is 6.67. The Hall–Kier alpha value is -0.840. The molecule has 6 nitrogen and oxygen atoms in total. The third kappa shape index (κ3) is 2.93. The van der Waals surface area contributed by atoms with Gasteiger partial charge in [-0.15, -0.1) is 11.3 Å². The quantitative estimate of drug-likeness (QED) is 0.815. The summed E-state index contributed by atoms with van der Waals surface area (Å²) in [6, 6.07) is 5.05. The van der Waals surface area contributed by atoms with E-state index in [4.69, 9.17) is 28.3 Å². The van der Waals surface area contributed by atoms with Crippen LogP contribution in [0.4, 0.5) is 5.69 Å². The lowest BCUT2D eigenvalue weighted by Crippen LogP contribution is -2.35. The molecule has 130 valence electrons. The van der Waals surface area contributed by atoms with Gasteiger partial charge in [-0.3, -0.25) is 4.31 Å². The summed E-state index contributed by atoms with van der Waals surface area (Å²) in [6.45, 7) is 1.73. The first-order chi connectivity index (χ1) is 11.0. The van der Waals surface area contributed by atoms with Gasteiger partial charge in [0.15, 0.2) is 0 Å². The number of nitrogens with two attached hydrogens (primary N) is 1. The van der Waals surface area contributed by atoms with Crippen molar-refractivity contribution in [2.24, 2.45) is 5.14 Å². The molecule has 1 aliphatic rings. The summed E-state index contributed by atoms with van der Waals surface area (Å²) in [7, 11) is -7.77. The summed E-state index contributed by atoms with van der Waals surface area (Å²) < 4.78 is 50.5. The zero-order chi connectivity index (χ0) is 17.9. The predicted molar refractivity (Wildman–Crippen MR) is 95.0 cm³/mol. The van der Waals surface area contributed by atoms with Crippen LogP contribution < -0.4 is 9.44 Å². The Morgan fingerprint density at radius 2 is 1.88 bits per heavy atom. The van der Waals surface area contributed by atoms with Crippen LogP contribution in [0, 0.1) is 0 Å². The van der Waals surface area contributed by atoms with E-state index in [0.29, 0.717) is 17.7 Å². The molecule has 1 atom stereocenters. The van der Waals surface area contributed by atoms with Crippen molar-refractivity contribution in [2.45, 2.75) is 29.2 Å². The molecule has 0 fully saturated rings. The monoisotopic (exact) mass is 426 g/mol. The molecule has 24 heavy (non-hydrogen) atoms. The Bertz CT molecular complexity index is 1030. The topological polar surface area (TPSA) is 97.5 Å². The van der Waals surface area contributed by atoms with E-state index in [1.165, 1.54) is 28.6 Å². The van der Waals surface area contributed by atoms with Gasteiger partial charge in [0.25, 0.3) is 10.0 Å². The lowest BCUT2D eigenvalue weighted by atomic mass is 10.1. The Labute approximate surface area is 153 Å². The van der Waals surface area contributed by atoms with Crippen LogP contribution in [0.3, 0.4) is 0 Å². The minimum atomic E-state index is -3.91. The molecule has 1 aromatic heterocycles. The number of thiophene rings is 1. The molecule has 3 rings (SSSR count). The summed E-state index contributed by atoms with van der Waals surface area (Å²) in [6.07, 6.45) is 0.368. The van der Waals surface area contributed by atoms with Gasteiger partial charge in [-0.05, 0) is 43.2 Å². The molecule has 2 heterocycles. The number of primary sulfonamides is 1. The molecule has 0 saturated carbocycles. The maximum Gasteiger partial charge on any atom is 0.266 e. The van der Waals surface area contributed by atoms with Crippen molar-refractivity contribution in [3.8, 4) is 0 Å². The van der Waals surface area contributed by atoms with Crippen molar-refractivity contribution in [3.63, 3.8) is 0 Å². The second-order valence-electron chi connectivity index (χ2n) is 5.38. The zero-order valence-corrected chi connectivity index (χ0v) is 16.2. The van der Waals surface area contributed by atoms with E-state index in [1.54, 1.807) is 6.92 Å². The Morgan fingerprint density at radius 3 is 2.42 bits per heavy atom. The van der Waals surface area contributed by atoms with Crippen molar-refractivity contribution < 1.29 is 16.8 Å². The molecule has 0 saturated heterocycles. The SMILES string of the molecule is C[C@@H]1Cc2cc(S(N)(=O)=O)ccc2N1S(=O)(=O)c1cc(Cl)sc1Cl. The molecule has 2 N–H and O–H groups in total. The molecule has 11 heteroatoms. The molecule has 1 aromatic carbocycles. The van der Waals surface area contributed by atoms with Crippen LogP contribution >= 0.6 is 34.5 Å². The van der Waals surface area contributed by atoms with Crippen LogP contribution in [0.2, 0.25) is 8.67 Å². The van der Waals surface area contributed by atoms with Crippen molar-refractivity contribution in [3.05, 3.63) is 38.5 Å². The Balaban J connectivity index is 2.14. The number of halogens is 2. The number of hydrogen-bond acceptors (Lipinski definition) is 5. The maximum atomic E-state index is 13.0. The predicted octanol–water partition coefficient (Wildman–Crippen LogP) is 2.84. The normalized spacial score (nSPS) is 18.0. The number of rotatable bonds is 3. The molecular weight excluding hydrogens is 415 g/mol. The van der Waals surface area contributed by atoms with Crippen LogP contribution in [0.1, 0.15) is 12.5 Å². The summed E-state index contributed by atoms with van der Waals surface area (Å²) >= 11 is 12.8. The Kier molecular flexibility index (Phi) is 4.38. The molecule has 0 aliphatic carbocycles. The van der Waals surface area contributed by atoms with E-state index in [1.807, 2.05) is 0 Å². The van der Waals surface area contributed by atoms with E-state index < -0.39 is 26.1 Å². The largest absolute Gasteiger partial charge is 0.266 e. The highest BCUT2D eigenvalue weighted by Gasteiger charge is 2.38. The number of nitrogens with zero attached hydrogens (tertiary/aromatic N) is 1.